The number of aliphatic carboxylic acids is 3. The number of amides is 3. The third kappa shape index (κ3) is 20.2. The second-order valence-electron chi connectivity index (χ2n) is 36.7. The molecule has 1 aromatic heterocycles. The number of esters is 4. The molecule has 3 heterocycles. The maximum Gasteiger partial charge on any atom is 0.318 e. The van der Waals surface area contributed by atoms with Crippen LogP contribution in [0.25, 0.3) is 34.2 Å². The summed E-state index contributed by atoms with van der Waals surface area (Å²) in [7, 11) is 1.51. The lowest BCUT2D eigenvalue weighted by molar-refractivity contribution is -0.168. The molecule has 2 aliphatic rings. The van der Waals surface area contributed by atoms with E-state index in [9.17, 15) is 59.4 Å². The molecule has 10 unspecified atom stereocenters. The zero-order valence-corrected chi connectivity index (χ0v) is 66.9. The molecule has 0 spiro atoms. The van der Waals surface area contributed by atoms with Gasteiger partial charge in [-0.2, -0.15) is 0 Å². The van der Waals surface area contributed by atoms with Crippen molar-refractivity contribution in [1.82, 2.24) is 25.2 Å². The number of hydrogen-bond donors (Lipinski definition) is 7. The molecule has 7 N–H and O–H groups in total. The SMILES string of the molecule is CCOC(=O)C(C(CC(C)(C)C1C(=O)OC(=O)C1C)C(=O)O)C(C)(C)CC(C(=O)O)C(C(=O)NC(C)(C)CC(C)(C)C)C(C)(C)CC1C(=O)N(C(C)(C)CC(C)(C)C)C(=O)C1C(C)(C)CC(C(=O)O)C(C(=O)Oc1ccc(-c2nc(-c3ccc(OC)cc3)nc(-c3ccc(O)cc3O)n2)c(O)c1)C(C)(C)CC. The Labute approximate surface area is 629 Å². The summed E-state index contributed by atoms with van der Waals surface area (Å²) in [5.41, 5.74) is -9.87. The number of aromatic nitrogens is 3. The number of carbonyl (C=O) groups is 10. The molecule has 3 aromatic carbocycles. The fraction of sp³-hybridized carbons (Fsp3) is 0.622. The molecule has 107 heavy (non-hydrogen) atoms. The Morgan fingerprint density at radius 2 is 1.01 bits per heavy atom. The summed E-state index contributed by atoms with van der Waals surface area (Å²) < 4.78 is 22.0. The van der Waals surface area contributed by atoms with Crippen LogP contribution in [0, 0.1) is 97.1 Å². The van der Waals surface area contributed by atoms with Gasteiger partial charge in [-0.25, -0.2) is 15.0 Å². The molecular formula is C82H115N5O20. The van der Waals surface area contributed by atoms with Crippen LogP contribution >= 0.6 is 0 Å². The lowest BCUT2D eigenvalue weighted by atomic mass is 9.57. The van der Waals surface area contributed by atoms with Crippen molar-refractivity contribution in [3.05, 3.63) is 60.7 Å². The molecule has 25 heteroatoms. The zero-order chi connectivity index (χ0) is 81.4. The first-order chi connectivity index (χ1) is 48.9. The summed E-state index contributed by atoms with van der Waals surface area (Å²) in [5, 5.41) is 70.7. The third-order valence-corrected chi connectivity index (χ3v) is 21.7. The Morgan fingerprint density at radius 3 is 1.46 bits per heavy atom. The molecule has 2 aliphatic heterocycles. The monoisotopic (exact) mass is 1490 g/mol. The van der Waals surface area contributed by atoms with Crippen molar-refractivity contribution in [3.8, 4) is 62.9 Å². The number of carboxylic acid groups (broad SMARTS) is 3. The highest BCUT2D eigenvalue weighted by Gasteiger charge is 2.62. The number of nitrogens with zero attached hydrogens (tertiary/aromatic N) is 4. The average molecular weight is 1490 g/mol. The fourth-order valence-corrected chi connectivity index (χ4v) is 17.7. The van der Waals surface area contributed by atoms with E-state index in [0.29, 0.717) is 17.7 Å². The molecule has 0 bridgehead atoms. The second-order valence-corrected chi connectivity index (χ2v) is 36.7. The van der Waals surface area contributed by atoms with Crippen LogP contribution in [0.4, 0.5) is 0 Å². The van der Waals surface area contributed by atoms with E-state index in [1.54, 1.807) is 114 Å². The number of carbonyl (C=O) groups excluding carboxylic acids is 7. The van der Waals surface area contributed by atoms with Gasteiger partial charge in [-0.1, -0.05) is 131 Å². The van der Waals surface area contributed by atoms with Gasteiger partial charge in [0, 0.05) is 28.8 Å². The Morgan fingerprint density at radius 1 is 0.542 bits per heavy atom. The highest BCUT2D eigenvalue weighted by molar-refractivity contribution is 6.06. The highest BCUT2D eigenvalue weighted by atomic mass is 16.6. The van der Waals surface area contributed by atoms with Crippen molar-refractivity contribution >= 4 is 59.5 Å². The van der Waals surface area contributed by atoms with Gasteiger partial charge in [0.05, 0.1) is 84.0 Å². The summed E-state index contributed by atoms with van der Waals surface area (Å²) in [6.07, 6.45) is -0.909. The van der Waals surface area contributed by atoms with Gasteiger partial charge in [-0.15, -0.1) is 0 Å². The van der Waals surface area contributed by atoms with Crippen LogP contribution in [-0.4, -0.2) is 135 Å². The molecule has 0 saturated carbocycles. The molecule has 4 aromatic rings. The van der Waals surface area contributed by atoms with Crippen molar-refractivity contribution in [1.29, 1.82) is 0 Å². The van der Waals surface area contributed by atoms with Gasteiger partial charge in [0.2, 0.25) is 17.7 Å². The molecule has 25 nitrogen and oxygen atoms in total. The number of phenolic OH excluding ortho intramolecular Hbond substituents is 3. The van der Waals surface area contributed by atoms with Crippen LogP contribution in [0.5, 0.6) is 28.7 Å². The summed E-state index contributed by atoms with van der Waals surface area (Å²) in [4.78, 5) is 162. The first kappa shape index (κ1) is 86.9. The van der Waals surface area contributed by atoms with E-state index in [2.05, 4.69) is 20.3 Å². The lowest BCUT2D eigenvalue weighted by Gasteiger charge is -2.46. The molecule has 10 atom stereocenters. The van der Waals surface area contributed by atoms with E-state index in [1.807, 2.05) is 41.5 Å². The number of cyclic esters (lactones) is 2. The maximum atomic E-state index is 16.0. The molecule has 588 valence electrons. The maximum absolute atomic E-state index is 16.0. The molecule has 3 amide bonds. The molecule has 2 fully saturated rings. The average Bonchev–Trinajstić information content (AvgIpc) is 1.62. The Hall–Kier alpha value is -9.03. The molecular weight excluding hydrogens is 1370 g/mol. The molecule has 0 radical (unpaired) electrons. The first-order valence-electron chi connectivity index (χ1n) is 36.7. The van der Waals surface area contributed by atoms with Gasteiger partial charge >= 0.3 is 41.8 Å². The number of aromatic hydroxyl groups is 3. The van der Waals surface area contributed by atoms with Gasteiger partial charge < -0.3 is 54.9 Å². The number of phenols is 3. The molecule has 6 rings (SSSR count). The smallest absolute Gasteiger partial charge is 0.318 e. The number of ether oxygens (including phenoxy) is 4. The molecule has 2 saturated heterocycles. The number of carboxylic acids is 3. The number of methoxy groups -OCH3 is 1. The van der Waals surface area contributed by atoms with Gasteiger partial charge in [0.25, 0.3) is 0 Å². The number of nitrogens with one attached hydrogen (secondary N) is 1. The topological polar surface area (TPSA) is 383 Å². The predicted molar refractivity (Wildman–Crippen MR) is 398 cm³/mol. The Balaban J connectivity index is 1.48. The highest BCUT2D eigenvalue weighted by Crippen LogP contribution is 2.56. The van der Waals surface area contributed by atoms with Crippen LogP contribution in [0.1, 0.15) is 204 Å². The summed E-state index contributed by atoms with van der Waals surface area (Å²) >= 11 is 0. The standard InChI is InChI=1S/C82H115N5O20/c1-25-76(10,11)60(73(103)106-47-32-34-49(55(90)36-47)63-84-61(44-27-30-46(104-24)31-28-44)83-62(85-63)48-33-29-45(88)35-54(48)89)53(69(98)99)40-79(16,17)58-50(65(92)87(66(58)93)82(22,23)42-75(7,8)9)37-78(14,15)57(64(91)86-81(20,21)41-74(4,5)6)51(67(94)95)38-80(18,19)59(71(101)105-26-2)52(68(96)97)39-77(12,13)56-43(3)70(100)107-72(56)102/h27-36,43,50-53,56-60,88-90H,25-26,37-42H2,1-24H3,(H,86,91)(H,94,95)(H,96,97)(H,98,99). The fourth-order valence-electron chi connectivity index (χ4n) is 17.7. The quantitative estimate of drug-likeness (QED) is 0.0101. The number of benzene rings is 3. The van der Waals surface area contributed by atoms with Gasteiger partial charge in [-0.05, 0) is 160 Å². The van der Waals surface area contributed by atoms with Crippen LogP contribution in [0.15, 0.2) is 60.7 Å². The minimum absolute atomic E-state index is 0.0255. The van der Waals surface area contributed by atoms with Crippen molar-refractivity contribution in [2.75, 3.05) is 13.7 Å². The summed E-state index contributed by atoms with van der Waals surface area (Å²) in [5.74, 6) is -25.8. The largest absolute Gasteiger partial charge is 0.508 e. The lowest BCUT2D eigenvalue weighted by Crippen LogP contribution is -2.55. The third-order valence-electron chi connectivity index (χ3n) is 21.7. The number of likely N-dealkylation sites (tertiary alicyclic amines) is 1. The van der Waals surface area contributed by atoms with E-state index in [-0.39, 0.29) is 71.7 Å². The van der Waals surface area contributed by atoms with Crippen LogP contribution < -0.4 is 14.8 Å². The zero-order valence-electron chi connectivity index (χ0n) is 66.9. The minimum atomic E-state index is -1.79. The minimum Gasteiger partial charge on any atom is -0.508 e. The first-order valence-corrected chi connectivity index (χ1v) is 36.7. The van der Waals surface area contributed by atoms with Gasteiger partial charge in [-0.3, -0.25) is 52.8 Å². The summed E-state index contributed by atoms with van der Waals surface area (Å²) in [6, 6.07) is 14.5. The number of rotatable bonds is 33. The van der Waals surface area contributed by atoms with E-state index < -0.39 is 193 Å². The second kappa shape index (κ2) is 32.0. The van der Waals surface area contributed by atoms with Crippen molar-refractivity contribution < 1.29 is 97.5 Å². The van der Waals surface area contributed by atoms with Gasteiger partial charge in [0.1, 0.15) is 28.7 Å². The van der Waals surface area contributed by atoms with Crippen LogP contribution in [-0.2, 0) is 57.4 Å². The van der Waals surface area contributed by atoms with E-state index >= 15 is 19.2 Å². The van der Waals surface area contributed by atoms with Crippen molar-refractivity contribution in [2.24, 2.45) is 97.1 Å². The molecule has 0 aliphatic carbocycles. The predicted octanol–water partition coefficient (Wildman–Crippen LogP) is 14.0. The van der Waals surface area contributed by atoms with Crippen molar-refractivity contribution in [3.63, 3.8) is 0 Å². The van der Waals surface area contributed by atoms with Gasteiger partial charge in [0.15, 0.2) is 17.5 Å². The Kier molecular flexibility index (Phi) is 26.0. The van der Waals surface area contributed by atoms with E-state index in [0.717, 1.165) is 12.1 Å². The summed E-state index contributed by atoms with van der Waals surface area (Å²) in [6.45, 7) is 39.4. The number of hydrogen-bond acceptors (Lipinski definition) is 20. The number of imide groups is 1. The van der Waals surface area contributed by atoms with E-state index in [4.69, 9.17) is 18.9 Å². The van der Waals surface area contributed by atoms with E-state index in [1.165, 1.54) is 64.0 Å². The van der Waals surface area contributed by atoms with Crippen LogP contribution in [0.3, 0.4) is 0 Å². The van der Waals surface area contributed by atoms with Crippen molar-refractivity contribution in [2.45, 2.75) is 215 Å². The van der Waals surface area contributed by atoms with Crippen LogP contribution in [0.2, 0.25) is 0 Å². The normalized spacial score (nSPS) is 18.9. The Bertz CT molecular complexity index is 4020.